The van der Waals surface area contributed by atoms with Crippen LogP contribution in [0.2, 0.25) is 0 Å². The van der Waals surface area contributed by atoms with Crippen LogP contribution in [0.4, 0.5) is 8.78 Å². The van der Waals surface area contributed by atoms with Gasteiger partial charge in [0.25, 0.3) is 0 Å². The first-order valence-corrected chi connectivity index (χ1v) is 7.52. The van der Waals surface area contributed by atoms with Gasteiger partial charge < -0.3 is 10.1 Å². The molecule has 0 saturated heterocycles. The third-order valence-corrected chi connectivity index (χ3v) is 4.24. The van der Waals surface area contributed by atoms with Crippen LogP contribution in [0.3, 0.4) is 0 Å². The summed E-state index contributed by atoms with van der Waals surface area (Å²) in [5, 5.41) is 3.09. The van der Waals surface area contributed by atoms with E-state index in [1.54, 1.807) is 31.3 Å². The topological polar surface area (TPSA) is 21.3 Å². The largest absolute Gasteiger partial charge is 0.494 e. The van der Waals surface area contributed by atoms with Crippen molar-refractivity contribution >= 4 is 11.8 Å². The number of nitrogens with one attached hydrogen (secondary N) is 1. The number of ether oxygens (including phenoxy) is 1. The predicted molar refractivity (Wildman–Crippen MR) is 81.9 cm³/mol. The molecule has 112 valence electrons. The van der Waals surface area contributed by atoms with Crippen molar-refractivity contribution in [1.82, 2.24) is 5.32 Å². The van der Waals surface area contributed by atoms with Crippen molar-refractivity contribution in [2.24, 2.45) is 0 Å². The van der Waals surface area contributed by atoms with E-state index in [9.17, 15) is 8.78 Å². The summed E-state index contributed by atoms with van der Waals surface area (Å²) in [7, 11) is 3.22. The lowest BCUT2D eigenvalue weighted by Gasteiger charge is -2.18. The molecule has 5 heteroatoms. The Hall–Kier alpha value is -1.59. The molecule has 1 atom stereocenters. The molecular weight excluding hydrogens is 292 g/mol. The van der Waals surface area contributed by atoms with E-state index in [1.807, 2.05) is 6.07 Å². The highest BCUT2D eigenvalue weighted by Gasteiger charge is 2.17. The Bertz CT molecular complexity index is 607. The maximum atomic E-state index is 14.3. The van der Waals surface area contributed by atoms with Crippen LogP contribution in [0, 0.1) is 11.6 Å². The van der Waals surface area contributed by atoms with Crippen LogP contribution in [0.5, 0.6) is 5.75 Å². The lowest BCUT2D eigenvalue weighted by molar-refractivity contribution is 0.381. The van der Waals surface area contributed by atoms with Crippen molar-refractivity contribution in [1.29, 1.82) is 0 Å². The Balaban J connectivity index is 2.13. The van der Waals surface area contributed by atoms with Gasteiger partial charge in [-0.1, -0.05) is 18.2 Å². The lowest BCUT2D eigenvalue weighted by atomic mass is 10.1. The lowest BCUT2D eigenvalue weighted by Crippen LogP contribution is -2.20. The summed E-state index contributed by atoms with van der Waals surface area (Å²) in [6.07, 6.45) is 0. The van der Waals surface area contributed by atoms with Crippen LogP contribution < -0.4 is 10.1 Å². The molecule has 1 unspecified atom stereocenters. The Morgan fingerprint density at radius 3 is 2.62 bits per heavy atom. The highest BCUT2D eigenvalue weighted by molar-refractivity contribution is 7.99. The van der Waals surface area contributed by atoms with E-state index in [2.05, 4.69) is 5.32 Å². The number of benzene rings is 2. The van der Waals surface area contributed by atoms with Crippen molar-refractivity contribution in [3.05, 3.63) is 59.7 Å². The van der Waals surface area contributed by atoms with E-state index in [1.165, 1.54) is 31.0 Å². The normalized spacial score (nSPS) is 12.2. The fourth-order valence-electron chi connectivity index (χ4n) is 2.02. The quantitative estimate of drug-likeness (QED) is 0.814. The maximum absolute atomic E-state index is 14.3. The van der Waals surface area contributed by atoms with Crippen LogP contribution in [-0.4, -0.2) is 19.9 Å². The molecule has 2 aromatic rings. The molecule has 2 rings (SSSR count). The molecule has 0 heterocycles. The second-order valence-electron chi connectivity index (χ2n) is 4.47. The summed E-state index contributed by atoms with van der Waals surface area (Å²) in [5.74, 6) is 0.181. The zero-order valence-corrected chi connectivity index (χ0v) is 12.7. The molecule has 0 aliphatic carbocycles. The molecule has 0 radical (unpaired) electrons. The van der Waals surface area contributed by atoms with E-state index in [-0.39, 0.29) is 23.4 Å². The molecule has 1 N–H and O–H groups in total. The number of rotatable bonds is 6. The first-order chi connectivity index (χ1) is 10.2. The van der Waals surface area contributed by atoms with Crippen LogP contribution in [0.15, 0.2) is 47.4 Å². The second kappa shape index (κ2) is 7.43. The maximum Gasteiger partial charge on any atom is 0.169 e. The monoisotopic (exact) mass is 309 g/mol. The molecule has 0 aliphatic rings. The van der Waals surface area contributed by atoms with Gasteiger partial charge in [0.15, 0.2) is 11.6 Å². The Morgan fingerprint density at radius 2 is 1.95 bits per heavy atom. The summed E-state index contributed by atoms with van der Waals surface area (Å²) in [6.45, 7) is 0. The minimum absolute atomic E-state index is 0.187. The summed E-state index contributed by atoms with van der Waals surface area (Å²) < 4.78 is 32.4. The summed E-state index contributed by atoms with van der Waals surface area (Å²) in [6, 6.07) is 11.3. The molecule has 0 spiro atoms. The molecule has 2 nitrogen and oxygen atoms in total. The standard InChI is InChI=1S/C16H17F2NOS/c1-19-14(10-21-12-6-3-5-11(17)9-12)13-7-4-8-15(20-2)16(13)18/h3-9,14,19H,10H2,1-2H3. The highest BCUT2D eigenvalue weighted by atomic mass is 32.2. The van der Waals surface area contributed by atoms with Gasteiger partial charge in [0.1, 0.15) is 5.82 Å². The Morgan fingerprint density at radius 1 is 1.19 bits per heavy atom. The SMILES string of the molecule is CNC(CSc1cccc(F)c1)c1cccc(OC)c1F. The zero-order valence-electron chi connectivity index (χ0n) is 11.9. The fourth-order valence-corrected chi connectivity index (χ4v) is 3.10. The van der Waals surface area contributed by atoms with E-state index in [0.29, 0.717) is 11.3 Å². The first-order valence-electron chi connectivity index (χ1n) is 6.53. The van der Waals surface area contributed by atoms with Crippen molar-refractivity contribution in [2.75, 3.05) is 19.9 Å². The summed E-state index contributed by atoms with van der Waals surface area (Å²) in [4.78, 5) is 0.818. The Labute approximate surface area is 127 Å². The highest BCUT2D eigenvalue weighted by Crippen LogP contribution is 2.29. The van der Waals surface area contributed by atoms with Gasteiger partial charge in [0.2, 0.25) is 0 Å². The van der Waals surface area contributed by atoms with Crippen molar-refractivity contribution < 1.29 is 13.5 Å². The smallest absolute Gasteiger partial charge is 0.169 e. The van der Waals surface area contributed by atoms with E-state index >= 15 is 0 Å². The molecule has 0 fully saturated rings. The summed E-state index contributed by atoms with van der Waals surface area (Å²) >= 11 is 1.47. The minimum atomic E-state index is -0.362. The van der Waals surface area contributed by atoms with Gasteiger partial charge in [-0.3, -0.25) is 0 Å². The van der Waals surface area contributed by atoms with E-state index in [4.69, 9.17) is 4.74 Å². The minimum Gasteiger partial charge on any atom is -0.494 e. The number of methoxy groups -OCH3 is 1. The molecule has 0 saturated carbocycles. The second-order valence-corrected chi connectivity index (χ2v) is 5.57. The first kappa shape index (κ1) is 15.8. The third-order valence-electron chi connectivity index (χ3n) is 3.15. The molecule has 0 amide bonds. The number of hydrogen-bond acceptors (Lipinski definition) is 3. The molecule has 0 aliphatic heterocycles. The molecule has 2 aromatic carbocycles. The molecule has 0 aromatic heterocycles. The average Bonchev–Trinajstić information content (AvgIpc) is 2.49. The van der Waals surface area contributed by atoms with Gasteiger partial charge in [0.05, 0.1) is 7.11 Å². The molecular formula is C16H17F2NOS. The van der Waals surface area contributed by atoms with Gasteiger partial charge in [-0.05, 0) is 31.3 Å². The third kappa shape index (κ3) is 3.95. The van der Waals surface area contributed by atoms with Crippen molar-refractivity contribution in [2.45, 2.75) is 10.9 Å². The van der Waals surface area contributed by atoms with Crippen LogP contribution in [-0.2, 0) is 0 Å². The van der Waals surface area contributed by atoms with Crippen molar-refractivity contribution in [3.63, 3.8) is 0 Å². The van der Waals surface area contributed by atoms with E-state index in [0.717, 1.165) is 4.90 Å². The number of hydrogen-bond donors (Lipinski definition) is 1. The summed E-state index contributed by atoms with van der Waals surface area (Å²) in [5.41, 5.74) is 0.542. The number of halogens is 2. The molecule has 21 heavy (non-hydrogen) atoms. The van der Waals surface area contributed by atoms with Crippen molar-refractivity contribution in [3.8, 4) is 5.75 Å². The predicted octanol–water partition coefficient (Wildman–Crippen LogP) is 4.03. The van der Waals surface area contributed by atoms with Gasteiger partial charge in [-0.25, -0.2) is 8.78 Å². The van der Waals surface area contributed by atoms with Gasteiger partial charge in [-0.15, -0.1) is 11.8 Å². The van der Waals surface area contributed by atoms with Gasteiger partial charge in [0, 0.05) is 22.3 Å². The van der Waals surface area contributed by atoms with Crippen LogP contribution in [0.25, 0.3) is 0 Å². The fraction of sp³-hybridized carbons (Fsp3) is 0.250. The van der Waals surface area contributed by atoms with E-state index < -0.39 is 0 Å². The molecule has 0 bridgehead atoms. The zero-order chi connectivity index (χ0) is 15.2. The Kier molecular flexibility index (Phi) is 5.59. The van der Waals surface area contributed by atoms with Crippen LogP contribution in [0.1, 0.15) is 11.6 Å². The number of thioether (sulfide) groups is 1. The van der Waals surface area contributed by atoms with Gasteiger partial charge in [-0.2, -0.15) is 0 Å². The van der Waals surface area contributed by atoms with Gasteiger partial charge >= 0.3 is 0 Å². The average molecular weight is 309 g/mol. The van der Waals surface area contributed by atoms with Crippen LogP contribution >= 0.6 is 11.8 Å².